The molecule has 5 nitrogen and oxygen atoms in total. The Bertz CT molecular complexity index is 911. The van der Waals surface area contributed by atoms with Gasteiger partial charge in [-0.15, -0.1) is 0 Å². The topological polar surface area (TPSA) is 57.7 Å². The van der Waals surface area contributed by atoms with Crippen LogP contribution in [0.4, 0.5) is 0 Å². The van der Waals surface area contributed by atoms with Gasteiger partial charge in [0.25, 0.3) is 5.91 Å². The number of hydrogen-bond acceptors (Lipinski definition) is 3. The third-order valence-electron chi connectivity index (χ3n) is 4.19. The van der Waals surface area contributed by atoms with Crippen molar-refractivity contribution in [3.8, 4) is 0 Å². The van der Waals surface area contributed by atoms with E-state index in [1.165, 1.54) is 33.5 Å². The molecule has 146 valence electrons. The first-order valence-corrected chi connectivity index (χ1v) is 10.7. The molecule has 2 aromatic carbocycles. The Morgan fingerprint density at radius 1 is 0.963 bits per heavy atom. The normalized spacial score (nSPS) is 11.6. The fraction of sp³-hybridized carbons (Fsp3) is 0.316. The van der Waals surface area contributed by atoms with Crippen molar-refractivity contribution in [3.63, 3.8) is 0 Å². The van der Waals surface area contributed by atoms with Gasteiger partial charge in [0.1, 0.15) is 0 Å². The van der Waals surface area contributed by atoms with E-state index in [1.54, 1.807) is 39.1 Å². The molecule has 0 unspecified atom stereocenters. The van der Waals surface area contributed by atoms with Gasteiger partial charge in [-0.05, 0) is 42.0 Å². The maximum Gasteiger partial charge on any atom is 0.253 e. The van der Waals surface area contributed by atoms with Crippen LogP contribution in [0.2, 0.25) is 10.0 Å². The average Bonchev–Trinajstić information content (AvgIpc) is 2.65. The van der Waals surface area contributed by atoms with Gasteiger partial charge in [-0.25, -0.2) is 8.42 Å². The molecule has 1 amide bonds. The molecule has 0 aliphatic rings. The Morgan fingerprint density at radius 2 is 1.56 bits per heavy atom. The van der Waals surface area contributed by atoms with Gasteiger partial charge in [-0.2, -0.15) is 4.31 Å². The first-order valence-electron chi connectivity index (χ1n) is 8.50. The molecule has 0 spiro atoms. The van der Waals surface area contributed by atoms with Gasteiger partial charge in [0.15, 0.2) is 0 Å². The van der Waals surface area contributed by atoms with Crippen molar-refractivity contribution in [2.45, 2.75) is 25.3 Å². The number of hydrogen-bond donors (Lipinski definition) is 0. The minimum atomic E-state index is -3.54. The summed E-state index contributed by atoms with van der Waals surface area (Å²) in [5.74, 6) is -0.215. The van der Waals surface area contributed by atoms with Crippen molar-refractivity contribution in [3.05, 3.63) is 63.6 Å². The molecule has 0 heterocycles. The largest absolute Gasteiger partial charge is 0.337 e. The van der Waals surface area contributed by atoms with E-state index >= 15 is 0 Å². The predicted molar refractivity (Wildman–Crippen MR) is 109 cm³/mol. The summed E-state index contributed by atoms with van der Waals surface area (Å²) in [7, 11) is -1.87. The van der Waals surface area contributed by atoms with Crippen LogP contribution in [0.5, 0.6) is 0 Å². The summed E-state index contributed by atoms with van der Waals surface area (Å²) in [6, 6.07) is 11.2. The standard InChI is InChI=1S/C19H22Cl2N2O3S/c1-4-23(5-2)27(25,26)16-9-7-15(8-10-16)19(24)22(3)13-14-6-11-17(20)18(21)12-14/h6-12H,4-5,13H2,1-3H3. The maximum absolute atomic E-state index is 12.6. The monoisotopic (exact) mass is 428 g/mol. The van der Waals surface area contributed by atoms with Crippen LogP contribution in [-0.2, 0) is 16.6 Å². The quantitative estimate of drug-likeness (QED) is 0.660. The van der Waals surface area contributed by atoms with Gasteiger partial charge in [0.05, 0.1) is 14.9 Å². The van der Waals surface area contributed by atoms with Crippen LogP contribution >= 0.6 is 23.2 Å². The molecule has 0 bridgehead atoms. The molecule has 27 heavy (non-hydrogen) atoms. The molecule has 0 radical (unpaired) electrons. The van der Waals surface area contributed by atoms with E-state index in [-0.39, 0.29) is 10.8 Å². The first kappa shape index (κ1) is 21.7. The van der Waals surface area contributed by atoms with E-state index in [1.807, 2.05) is 0 Å². The molecule has 0 aliphatic carbocycles. The van der Waals surface area contributed by atoms with Gasteiger partial charge in [-0.1, -0.05) is 43.1 Å². The van der Waals surface area contributed by atoms with Crippen molar-refractivity contribution in [2.24, 2.45) is 0 Å². The van der Waals surface area contributed by atoms with Crippen LogP contribution in [0, 0.1) is 0 Å². The van der Waals surface area contributed by atoms with Crippen LogP contribution in [-0.4, -0.2) is 43.7 Å². The van der Waals surface area contributed by atoms with Crippen molar-refractivity contribution >= 4 is 39.1 Å². The minimum absolute atomic E-state index is 0.176. The highest BCUT2D eigenvalue weighted by Crippen LogP contribution is 2.23. The Kier molecular flexibility index (Phi) is 7.28. The lowest BCUT2D eigenvalue weighted by molar-refractivity contribution is 0.0785. The zero-order valence-corrected chi connectivity index (χ0v) is 17.8. The van der Waals surface area contributed by atoms with Crippen molar-refractivity contribution < 1.29 is 13.2 Å². The fourth-order valence-electron chi connectivity index (χ4n) is 2.69. The van der Waals surface area contributed by atoms with Crippen LogP contribution in [0.25, 0.3) is 0 Å². The van der Waals surface area contributed by atoms with E-state index < -0.39 is 10.0 Å². The third kappa shape index (κ3) is 5.02. The van der Waals surface area contributed by atoms with Gasteiger partial charge in [0.2, 0.25) is 10.0 Å². The number of sulfonamides is 1. The number of carbonyl (C=O) groups excluding carboxylic acids is 1. The van der Waals surface area contributed by atoms with Gasteiger partial charge in [-0.3, -0.25) is 4.79 Å². The van der Waals surface area contributed by atoms with Crippen LogP contribution in [0.15, 0.2) is 47.4 Å². The summed E-state index contributed by atoms with van der Waals surface area (Å²) in [6.45, 7) is 4.72. The van der Waals surface area contributed by atoms with Crippen molar-refractivity contribution in [1.29, 1.82) is 0 Å². The molecule has 2 rings (SSSR count). The molecular weight excluding hydrogens is 407 g/mol. The molecule has 0 aromatic heterocycles. The molecule has 0 atom stereocenters. The number of carbonyl (C=O) groups is 1. The Hall–Kier alpha value is -1.60. The van der Waals surface area contributed by atoms with E-state index in [0.29, 0.717) is 35.2 Å². The Balaban J connectivity index is 2.16. The average molecular weight is 429 g/mol. The molecule has 8 heteroatoms. The minimum Gasteiger partial charge on any atom is -0.337 e. The molecular formula is C19H22Cl2N2O3S. The smallest absolute Gasteiger partial charge is 0.253 e. The Labute approximate surface area is 170 Å². The lowest BCUT2D eigenvalue weighted by atomic mass is 10.1. The fourth-order valence-corrected chi connectivity index (χ4v) is 4.46. The van der Waals surface area contributed by atoms with E-state index in [0.717, 1.165) is 5.56 Å². The number of halogens is 2. The summed E-state index contributed by atoms with van der Waals surface area (Å²) in [6.07, 6.45) is 0. The summed E-state index contributed by atoms with van der Waals surface area (Å²) in [4.78, 5) is 14.3. The van der Waals surface area contributed by atoms with E-state index in [9.17, 15) is 13.2 Å². The SMILES string of the molecule is CCN(CC)S(=O)(=O)c1ccc(C(=O)N(C)Cc2ccc(Cl)c(Cl)c2)cc1. The maximum atomic E-state index is 12.6. The summed E-state index contributed by atoms with van der Waals surface area (Å²) >= 11 is 11.9. The second-order valence-corrected chi connectivity index (χ2v) is 8.78. The highest BCUT2D eigenvalue weighted by atomic mass is 35.5. The number of amides is 1. The zero-order valence-electron chi connectivity index (χ0n) is 15.4. The summed E-state index contributed by atoms with van der Waals surface area (Å²) in [5.41, 5.74) is 1.26. The third-order valence-corrected chi connectivity index (χ3v) is 7.00. The number of rotatable bonds is 7. The number of nitrogens with zero attached hydrogens (tertiary/aromatic N) is 2. The zero-order chi connectivity index (χ0) is 20.2. The van der Waals surface area contributed by atoms with E-state index in [2.05, 4.69) is 0 Å². The van der Waals surface area contributed by atoms with Crippen LogP contribution < -0.4 is 0 Å². The molecule has 0 saturated carbocycles. The van der Waals surface area contributed by atoms with Gasteiger partial charge >= 0.3 is 0 Å². The van der Waals surface area contributed by atoms with Gasteiger partial charge < -0.3 is 4.90 Å². The van der Waals surface area contributed by atoms with Crippen molar-refractivity contribution in [2.75, 3.05) is 20.1 Å². The number of benzene rings is 2. The van der Waals surface area contributed by atoms with Crippen LogP contribution in [0.3, 0.4) is 0 Å². The lowest BCUT2D eigenvalue weighted by Gasteiger charge is -2.20. The Morgan fingerprint density at radius 3 is 2.07 bits per heavy atom. The highest BCUT2D eigenvalue weighted by Gasteiger charge is 2.22. The molecule has 0 fully saturated rings. The van der Waals surface area contributed by atoms with E-state index in [4.69, 9.17) is 23.2 Å². The summed E-state index contributed by atoms with van der Waals surface area (Å²) in [5, 5.41) is 0.889. The van der Waals surface area contributed by atoms with Gasteiger partial charge in [0, 0.05) is 32.2 Å². The molecule has 0 saturated heterocycles. The highest BCUT2D eigenvalue weighted by molar-refractivity contribution is 7.89. The van der Waals surface area contributed by atoms with Crippen LogP contribution in [0.1, 0.15) is 29.8 Å². The molecule has 0 N–H and O–H groups in total. The first-order chi connectivity index (χ1) is 12.7. The molecule has 2 aromatic rings. The second kappa shape index (κ2) is 9.06. The summed E-state index contributed by atoms with van der Waals surface area (Å²) < 4.78 is 26.4. The van der Waals surface area contributed by atoms with Crippen molar-refractivity contribution in [1.82, 2.24) is 9.21 Å². The molecule has 0 aliphatic heterocycles. The second-order valence-electron chi connectivity index (χ2n) is 6.02. The predicted octanol–water partition coefficient (Wildman–Crippen LogP) is 4.30. The lowest BCUT2D eigenvalue weighted by Crippen LogP contribution is -2.30.